The van der Waals surface area contributed by atoms with E-state index in [0.29, 0.717) is 36.1 Å². The zero-order valence-corrected chi connectivity index (χ0v) is 16.9. The fourth-order valence-corrected chi connectivity index (χ4v) is 3.92. The Kier molecular flexibility index (Phi) is 4.61. The summed E-state index contributed by atoms with van der Waals surface area (Å²) in [6.45, 7) is 8.32. The Morgan fingerprint density at radius 2 is 1.86 bits per heavy atom. The van der Waals surface area contributed by atoms with Gasteiger partial charge in [0.25, 0.3) is 5.56 Å². The average molecular weight is 381 g/mol. The number of nitrogens with zero attached hydrogens (tertiary/aromatic N) is 5. The van der Waals surface area contributed by atoms with Gasteiger partial charge in [-0.1, -0.05) is 39.0 Å². The van der Waals surface area contributed by atoms with Crippen LogP contribution >= 0.6 is 0 Å². The fourth-order valence-electron chi connectivity index (χ4n) is 3.92. The van der Waals surface area contributed by atoms with E-state index < -0.39 is 0 Å². The number of benzene rings is 1. The Morgan fingerprint density at radius 1 is 1.14 bits per heavy atom. The van der Waals surface area contributed by atoms with Crippen LogP contribution in [0.4, 0.5) is 11.6 Å². The summed E-state index contributed by atoms with van der Waals surface area (Å²) in [4.78, 5) is 33.0. The van der Waals surface area contributed by atoms with Gasteiger partial charge in [0.2, 0.25) is 5.95 Å². The van der Waals surface area contributed by atoms with E-state index in [1.165, 1.54) is 9.13 Å². The van der Waals surface area contributed by atoms with Crippen LogP contribution in [0.5, 0.6) is 0 Å². The molecule has 0 spiro atoms. The molecule has 0 fully saturated rings. The highest BCUT2D eigenvalue weighted by Gasteiger charge is 2.29. The molecule has 148 valence electrons. The summed E-state index contributed by atoms with van der Waals surface area (Å²) in [7, 11) is 1.70. The van der Waals surface area contributed by atoms with Crippen molar-refractivity contribution in [1.29, 1.82) is 0 Å². The molecule has 0 saturated carbocycles. The molecular formula is C21H27N5O2. The Balaban J connectivity index is 1.95. The maximum Gasteiger partial charge on any atom is 0.332 e. The predicted molar refractivity (Wildman–Crippen MR) is 111 cm³/mol. The predicted octanol–water partition coefficient (Wildman–Crippen LogP) is 2.73. The highest BCUT2D eigenvalue weighted by atomic mass is 16.2. The quantitative estimate of drug-likeness (QED) is 0.697. The van der Waals surface area contributed by atoms with Gasteiger partial charge in [0, 0.05) is 32.4 Å². The molecule has 0 radical (unpaired) electrons. The maximum atomic E-state index is 13.3. The largest absolute Gasteiger partial charge is 0.332 e. The van der Waals surface area contributed by atoms with Gasteiger partial charge in [-0.25, -0.2) is 4.79 Å². The van der Waals surface area contributed by atoms with E-state index in [2.05, 4.69) is 25.7 Å². The van der Waals surface area contributed by atoms with Crippen LogP contribution in [0.25, 0.3) is 11.2 Å². The minimum atomic E-state index is -0.298. The van der Waals surface area contributed by atoms with Gasteiger partial charge in [-0.2, -0.15) is 4.98 Å². The third-order valence-electron chi connectivity index (χ3n) is 5.44. The molecule has 0 saturated heterocycles. The first-order valence-corrected chi connectivity index (χ1v) is 9.91. The molecule has 7 heteroatoms. The second-order valence-corrected chi connectivity index (χ2v) is 8.23. The van der Waals surface area contributed by atoms with E-state index in [1.54, 1.807) is 7.05 Å². The lowest BCUT2D eigenvalue weighted by atomic mass is 10.1. The summed E-state index contributed by atoms with van der Waals surface area (Å²) in [5.74, 6) is 1.50. The molecule has 1 atom stereocenters. The van der Waals surface area contributed by atoms with Crippen molar-refractivity contribution < 1.29 is 0 Å². The molecular weight excluding hydrogens is 354 g/mol. The molecule has 0 N–H and O–H groups in total. The summed E-state index contributed by atoms with van der Waals surface area (Å²) >= 11 is 0. The molecule has 1 unspecified atom stereocenters. The molecule has 0 amide bonds. The van der Waals surface area contributed by atoms with Crippen LogP contribution < -0.4 is 16.1 Å². The number of imidazole rings is 1. The number of rotatable bonds is 4. The minimum Gasteiger partial charge on any atom is -0.312 e. The minimum absolute atomic E-state index is 0.236. The van der Waals surface area contributed by atoms with Crippen LogP contribution in [0.1, 0.15) is 27.2 Å². The topological polar surface area (TPSA) is 65.1 Å². The molecule has 4 rings (SSSR count). The zero-order chi connectivity index (χ0) is 20.0. The lowest BCUT2D eigenvalue weighted by molar-refractivity contribution is 0.455. The van der Waals surface area contributed by atoms with E-state index in [-0.39, 0.29) is 11.2 Å². The van der Waals surface area contributed by atoms with Crippen molar-refractivity contribution in [2.24, 2.45) is 18.9 Å². The van der Waals surface area contributed by atoms with Crippen molar-refractivity contribution in [2.45, 2.75) is 40.3 Å². The number of anilines is 2. The molecule has 3 aromatic rings. The van der Waals surface area contributed by atoms with Gasteiger partial charge < -0.3 is 9.47 Å². The molecule has 1 aliphatic heterocycles. The standard InChI is InChI=1S/C21H27N5O2/c1-14(2)10-11-24-19(27)17-18(23(4)21(24)28)22-20-25(12-15(3)13-26(17)20)16-8-6-5-7-9-16/h5-9,14-15H,10-13H2,1-4H3. The van der Waals surface area contributed by atoms with Gasteiger partial charge >= 0.3 is 5.69 Å². The third-order valence-corrected chi connectivity index (χ3v) is 5.44. The number of aryl methyl sites for hydroxylation is 1. The van der Waals surface area contributed by atoms with Crippen molar-refractivity contribution in [3.63, 3.8) is 0 Å². The van der Waals surface area contributed by atoms with E-state index in [1.807, 2.05) is 34.9 Å². The SMILES string of the molecule is CC(C)CCn1c(=O)c2c(nc3n2CC(C)CN3c2ccccc2)n(C)c1=O. The highest BCUT2D eigenvalue weighted by molar-refractivity contribution is 5.77. The summed E-state index contributed by atoms with van der Waals surface area (Å²) in [5, 5.41) is 0. The van der Waals surface area contributed by atoms with E-state index in [4.69, 9.17) is 4.98 Å². The lowest BCUT2D eigenvalue weighted by Crippen LogP contribution is -2.40. The summed E-state index contributed by atoms with van der Waals surface area (Å²) < 4.78 is 4.86. The third kappa shape index (κ3) is 2.95. The van der Waals surface area contributed by atoms with Gasteiger partial charge in [0.05, 0.1) is 0 Å². The van der Waals surface area contributed by atoms with Gasteiger partial charge in [0.1, 0.15) is 0 Å². The number of para-hydroxylation sites is 1. The Bertz CT molecular complexity index is 1120. The number of aromatic nitrogens is 4. The van der Waals surface area contributed by atoms with Crippen molar-refractivity contribution in [1.82, 2.24) is 18.7 Å². The first kappa shape index (κ1) is 18.5. The van der Waals surface area contributed by atoms with Gasteiger partial charge in [-0.05, 0) is 30.4 Å². The maximum absolute atomic E-state index is 13.3. The summed E-state index contributed by atoms with van der Waals surface area (Å²) in [6.07, 6.45) is 0.786. The van der Waals surface area contributed by atoms with Crippen LogP contribution in [0.2, 0.25) is 0 Å². The lowest BCUT2D eigenvalue weighted by Gasteiger charge is -2.32. The summed E-state index contributed by atoms with van der Waals surface area (Å²) in [6, 6.07) is 10.1. The monoisotopic (exact) mass is 381 g/mol. The van der Waals surface area contributed by atoms with Crippen LogP contribution in [0.15, 0.2) is 39.9 Å². The second kappa shape index (κ2) is 6.96. The number of fused-ring (bicyclic) bond motifs is 3. The molecule has 0 aliphatic carbocycles. The van der Waals surface area contributed by atoms with Crippen LogP contribution in [-0.2, 0) is 20.1 Å². The van der Waals surface area contributed by atoms with Crippen molar-refractivity contribution in [3.8, 4) is 0 Å². The van der Waals surface area contributed by atoms with Crippen molar-refractivity contribution in [2.75, 3.05) is 11.4 Å². The number of hydrogen-bond acceptors (Lipinski definition) is 4. The molecule has 1 aromatic carbocycles. The Labute approximate surface area is 163 Å². The van der Waals surface area contributed by atoms with Crippen molar-refractivity contribution in [3.05, 3.63) is 51.2 Å². The van der Waals surface area contributed by atoms with E-state index in [9.17, 15) is 9.59 Å². The van der Waals surface area contributed by atoms with Gasteiger partial charge in [-0.3, -0.25) is 13.9 Å². The Morgan fingerprint density at radius 3 is 2.54 bits per heavy atom. The highest BCUT2D eigenvalue weighted by Crippen LogP contribution is 2.32. The van der Waals surface area contributed by atoms with Crippen molar-refractivity contribution >= 4 is 22.8 Å². The Hall–Kier alpha value is -2.83. The van der Waals surface area contributed by atoms with Gasteiger partial charge in [0.15, 0.2) is 11.2 Å². The number of hydrogen-bond donors (Lipinski definition) is 0. The smallest absolute Gasteiger partial charge is 0.312 e. The molecule has 28 heavy (non-hydrogen) atoms. The zero-order valence-electron chi connectivity index (χ0n) is 16.9. The second-order valence-electron chi connectivity index (χ2n) is 8.23. The molecule has 3 heterocycles. The fraction of sp³-hybridized carbons (Fsp3) is 0.476. The first-order valence-electron chi connectivity index (χ1n) is 9.91. The van der Waals surface area contributed by atoms with Crippen LogP contribution in [0, 0.1) is 11.8 Å². The van der Waals surface area contributed by atoms with E-state index >= 15 is 0 Å². The van der Waals surface area contributed by atoms with Gasteiger partial charge in [-0.15, -0.1) is 0 Å². The summed E-state index contributed by atoms with van der Waals surface area (Å²) in [5.41, 5.74) is 1.48. The average Bonchev–Trinajstić information content (AvgIpc) is 3.05. The first-order chi connectivity index (χ1) is 13.4. The molecule has 0 bridgehead atoms. The van der Waals surface area contributed by atoms with Crippen LogP contribution in [0.3, 0.4) is 0 Å². The normalized spacial score (nSPS) is 16.8. The van der Waals surface area contributed by atoms with Crippen LogP contribution in [-0.4, -0.2) is 25.2 Å². The molecule has 1 aliphatic rings. The molecule has 7 nitrogen and oxygen atoms in total. The molecule has 2 aromatic heterocycles. The van der Waals surface area contributed by atoms with E-state index in [0.717, 1.165) is 24.6 Å².